The number of ether oxygens (including phenoxy) is 2. The van der Waals surface area contributed by atoms with Gasteiger partial charge in [0.05, 0.1) is 20.4 Å². The lowest BCUT2D eigenvalue weighted by Gasteiger charge is -2.30. The summed E-state index contributed by atoms with van der Waals surface area (Å²) in [6.45, 7) is 2.20. The molecule has 0 amide bonds. The van der Waals surface area contributed by atoms with Gasteiger partial charge in [-0.15, -0.1) is 5.10 Å². The van der Waals surface area contributed by atoms with Crippen molar-refractivity contribution in [3.8, 4) is 11.5 Å². The SMILES string of the molecule is COc1cc2c(cc1OC)CN(c1cnnc(NCc3ccncc3)n1)CC2. The molecule has 0 saturated carbocycles. The summed E-state index contributed by atoms with van der Waals surface area (Å²) in [5, 5.41) is 11.4. The number of nitrogens with one attached hydrogen (secondary N) is 1. The van der Waals surface area contributed by atoms with Gasteiger partial charge in [0.15, 0.2) is 17.3 Å². The second kappa shape index (κ2) is 8.08. The van der Waals surface area contributed by atoms with Crippen molar-refractivity contribution >= 4 is 11.8 Å². The van der Waals surface area contributed by atoms with Crippen LogP contribution in [0.25, 0.3) is 0 Å². The van der Waals surface area contributed by atoms with Crippen LogP contribution in [0, 0.1) is 0 Å². The number of rotatable bonds is 6. The van der Waals surface area contributed by atoms with Gasteiger partial charge in [-0.05, 0) is 47.4 Å². The van der Waals surface area contributed by atoms with Crippen molar-refractivity contribution in [2.24, 2.45) is 0 Å². The highest BCUT2D eigenvalue weighted by molar-refractivity contribution is 5.52. The molecule has 28 heavy (non-hydrogen) atoms. The Hall–Kier alpha value is -3.42. The molecular weight excluding hydrogens is 356 g/mol. The van der Waals surface area contributed by atoms with Gasteiger partial charge in [0, 0.05) is 32.0 Å². The standard InChI is InChI=1S/C20H22N6O2/c1-27-17-9-15-5-8-26(13-16(15)10-18(17)28-2)19-12-23-25-20(24-19)22-11-14-3-6-21-7-4-14/h3-4,6-7,9-10,12H,5,8,11,13H2,1-2H3,(H,22,24,25). The summed E-state index contributed by atoms with van der Waals surface area (Å²) in [6, 6.07) is 8.00. The van der Waals surface area contributed by atoms with Gasteiger partial charge in [0.2, 0.25) is 5.95 Å². The van der Waals surface area contributed by atoms with E-state index in [2.05, 4.69) is 36.4 Å². The molecule has 0 aliphatic carbocycles. The van der Waals surface area contributed by atoms with Crippen LogP contribution in [-0.4, -0.2) is 40.9 Å². The van der Waals surface area contributed by atoms with Gasteiger partial charge >= 0.3 is 0 Å². The normalized spacial score (nSPS) is 13.0. The minimum absolute atomic E-state index is 0.507. The van der Waals surface area contributed by atoms with Crippen LogP contribution < -0.4 is 19.7 Å². The van der Waals surface area contributed by atoms with Crippen LogP contribution in [0.15, 0.2) is 42.9 Å². The molecule has 0 unspecified atom stereocenters. The number of methoxy groups -OCH3 is 2. The largest absolute Gasteiger partial charge is 0.493 e. The van der Waals surface area contributed by atoms with E-state index in [1.165, 1.54) is 11.1 Å². The predicted molar refractivity (Wildman–Crippen MR) is 106 cm³/mol. The lowest BCUT2D eigenvalue weighted by molar-refractivity contribution is 0.353. The molecule has 8 heteroatoms. The van der Waals surface area contributed by atoms with E-state index < -0.39 is 0 Å². The van der Waals surface area contributed by atoms with Gasteiger partial charge in [-0.2, -0.15) is 10.1 Å². The fourth-order valence-corrected chi connectivity index (χ4v) is 3.28. The van der Waals surface area contributed by atoms with E-state index in [1.54, 1.807) is 32.8 Å². The van der Waals surface area contributed by atoms with Gasteiger partial charge in [-0.25, -0.2) is 0 Å². The highest BCUT2D eigenvalue weighted by Crippen LogP contribution is 2.34. The molecule has 0 bridgehead atoms. The van der Waals surface area contributed by atoms with E-state index in [4.69, 9.17) is 9.47 Å². The molecule has 0 radical (unpaired) electrons. The minimum Gasteiger partial charge on any atom is -0.493 e. The summed E-state index contributed by atoms with van der Waals surface area (Å²) < 4.78 is 10.9. The number of nitrogens with zero attached hydrogens (tertiary/aromatic N) is 5. The summed E-state index contributed by atoms with van der Waals surface area (Å²) in [4.78, 5) is 10.8. The fraction of sp³-hybridized carbons (Fsp3) is 0.300. The molecule has 8 nitrogen and oxygen atoms in total. The first kappa shape index (κ1) is 18.0. The number of aromatic nitrogens is 4. The molecule has 0 atom stereocenters. The van der Waals surface area contributed by atoms with Crippen molar-refractivity contribution in [3.63, 3.8) is 0 Å². The monoisotopic (exact) mass is 378 g/mol. The summed E-state index contributed by atoms with van der Waals surface area (Å²) in [5.74, 6) is 2.81. The third kappa shape index (κ3) is 3.80. The number of benzene rings is 1. The third-order valence-corrected chi connectivity index (χ3v) is 4.79. The molecule has 1 N–H and O–H groups in total. The molecule has 3 heterocycles. The quantitative estimate of drug-likeness (QED) is 0.700. The van der Waals surface area contributed by atoms with E-state index in [0.29, 0.717) is 12.5 Å². The lowest BCUT2D eigenvalue weighted by Crippen LogP contribution is -2.31. The van der Waals surface area contributed by atoms with Crippen molar-refractivity contribution in [2.45, 2.75) is 19.5 Å². The number of pyridine rings is 1. The average Bonchev–Trinajstić information content (AvgIpc) is 2.77. The van der Waals surface area contributed by atoms with Crippen LogP contribution >= 0.6 is 0 Å². The Balaban J connectivity index is 1.49. The van der Waals surface area contributed by atoms with Gasteiger partial charge in [-0.1, -0.05) is 0 Å². The summed E-state index contributed by atoms with van der Waals surface area (Å²) in [6.07, 6.45) is 6.13. The summed E-state index contributed by atoms with van der Waals surface area (Å²) in [5.41, 5.74) is 3.58. The second-order valence-electron chi connectivity index (χ2n) is 6.49. The van der Waals surface area contributed by atoms with Crippen molar-refractivity contribution < 1.29 is 9.47 Å². The van der Waals surface area contributed by atoms with Gasteiger partial charge in [-0.3, -0.25) is 4.98 Å². The molecule has 0 spiro atoms. The van der Waals surface area contributed by atoms with Crippen molar-refractivity contribution in [1.29, 1.82) is 0 Å². The lowest BCUT2D eigenvalue weighted by atomic mass is 9.99. The molecule has 0 fully saturated rings. The molecule has 144 valence electrons. The maximum atomic E-state index is 5.44. The highest BCUT2D eigenvalue weighted by atomic mass is 16.5. The molecule has 3 aromatic rings. The maximum absolute atomic E-state index is 5.44. The van der Waals surface area contributed by atoms with Gasteiger partial charge in [0.1, 0.15) is 0 Å². The van der Waals surface area contributed by atoms with Crippen molar-refractivity contribution in [3.05, 3.63) is 59.5 Å². The number of fused-ring (bicyclic) bond motifs is 1. The van der Waals surface area contributed by atoms with E-state index in [9.17, 15) is 0 Å². The Morgan fingerprint density at radius 1 is 1.07 bits per heavy atom. The topological polar surface area (TPSA) is 85.3 Å². The van der Waals surface area contributed by atoms with Crippen LogP contribution in [0.3, 0.4) is 0 Å². The Bertz CT molecular complexity index is 951. The van der Waals surface area contributed by atoms with Gasteiger partial charge in [0.25, 0.3) is 0 Å². The first-order valence-corrected chi connectivity index (χ1v) is 9.08. The second-order valence-corrected chi connectivity index (χ2v) is 6.49. The van der Waals surface area contributed by atoms with E-state index in [-0.39, 0.29) is 0 Å². The van der Waals surface area contributed by atoms with Crippen LogP contribution in [0.2, 0.25) is 0 Å². The molecule has 2 aromatic heterocycles. The molecule has 4 rings (SSSR count). The first-order valence-electron chi connectivity index (χ1n) is 9.08. The van der Waals surface area contributed by atoms with Crippen LogP contribution in [0.4, 0.5) is 11.8 Å². The Morgan fingerprint density at radius 3 is 2.57 bits per heavy atom. The zero-order valence-electron chi connectivity index (χ0n) is 15.9. The highest BCUT2D eigenvalue weighted by Gasteiger charge is 2.21. The summed E-state index contributed by atoms with van der Waals surface area (Å²) in [7, 11) is 3.31. The molecular formula is C20H22N6O2. The average molecular weight is 378 g/mol. The molecule has 0 saturated heterocycles. The minimum atomic E-state index is 0.507. The zero-order valence-corrected chi connectivity index (χ0v) is 15.9. The first-order chi connectivity index (χ1) is 13.8. The van der Waals surface area contributed by atoms with Crippen LogP contribution in [0.1, 0.15) is 16.7 Å². The zero-order chi connectivity index (χ0) is 19.3. The van der Waals surface area contributed by atoms with Crippen molar-refractivity contribution in [2.75, 3.05) is 31.0 Å². The van der Waals surface area contributed by atoms with Crippen molar-refractivity contribution in [1.82, 2.24) is 20.2 Å². The van der Waals surface area contributed by atoms with E-state index in [0.717, 1.165) is 42.4 Å². The van der Waals surface area contributed by atoms with Crippen LogP contribution in [0.5, 0.6) is 11.5 Å². The number of hydrogen-bond donors (Lipinski definition) is 1. The predicted octanol–water partition coefficient (Wildman–Crippen LogP) is 2.46. The Morgan fingerprint density at radius 2 is 1.82 bits per heavy atom. The molecule has 1 aromatic carbocycles. The molecule has 1 aliphatic heterocycles. The smallest absolute Gasteiger partial charge is 0.244 e. The third-order valence-electron chi connectivity index (χ3n) is 4.79. The number of hydrogen-bond acceptors (Lipinski definition) is 8. The van der Waals surface area contributed by atoms with Crippen LogP contribution in [-0.2, 0) is 19.5 Å². The molecule has 1 aliphatic rings. The Kier molecular flexibility index (Phi) is 5.18. The fourth-order valence-electron chi connectivity index (χ4n) is 3.28. The summed E-state index contributed by atoms with van der Waals surface area (Å²) >= 11 is 0. The Labute approximate surface area is 163 Å². The van der Waals surface area contributed by atoms with E-state index >= 15 is 0 Å². The van der Waals surface area contributed by atoms with E-state index in [1.807, 2.05) is 18.2 Å². The van der Waals surface area contributed by atoms with Gasteiger partial charge < -0.3 is 19.7 Å². The maximum Gasteiger partial charge on any atom is 0.244 e. The number of anilines is 2.